The molecule has 1 fully saturated rings. The normalized spacial score (nSPS) is 19.9. The topological polar surface area (TPSA) is 25.4 Å². The van der Waals surface area contributed by atoms with Crippen molar-refractivity contribution in [3.05, 3.63) is 52.0 Å². The summed E-state index contributed by atoms with van der Waals surface area (Å²) in [5.41, 5.74) is 0.0476. The largest absolute Gasteiger partial charge is 0.416 e. The van der Waals surface area contributed by atoms with Gasteiger partial charge in [0.25, 0.3) is 0 Å². The molecular formula is C16H17F3N2OS. The van der Waals surface area contributed by atoms with E-state index in [-0.39, 0.29) is 6.10 Å². The van der Waals surface area contributed by atoms with Gasteiger partial charge in [-0.3, -0.25) is 4.90 Å². The molecule has 1 aliphatic heterocycles. The molecule has 1 aliphatic rings. The number of hydrogen-bond donors (Lipinski definition) is 0. The van der Waals surface area contributed by atoms with Crippen molar-refractivity contribution in [2.24, 2.45) is 0 Å². The lowest BCUT2D eigenvalue weighted by Gasteiger charge is -2.32. The summed E-state index contributed by atoms with van der Waals surface area (Å²) >= 11 is 1.61. The zero-order valence-electron chi connectivity index (χ0n) is 12.4. The van der Waals surface area contributed by atoms with Crippen LogP contribution in [0.5, 0.6) is 0 Å². The second-order valence-corrected chi connectivity index (χ2v) is 6.54. The molecule has 3 rings (SSSR count). The molecular weight excluding hydrogens is 325 g/mol. The summed E-state index contributed by atoms with van der Waals surface area (Å²) in [5.74, 6) is 0. The number of thiazole rings is 1. The van der Waals surface area contributed by atoms with Gasteiger partial charge in [0.1, 0.15) is 5.01 Å². The summed E-state index contributed by atoms with van der Waals surface area (Å²) in [6, 6.07) is 5.48. The number of nitrogens with zero attached hydrogens (tertiary/aromatic N) is 2. The zero-order valence-corrected chi connectivity index (χ0v) is 13.2. The van der Waals surface area contributed by atoms with E-state index < -0.39 is 11.7 Å². The van der Waals surface area contributed by atoms with E-state index in [1.807, 2.05) is 5.38 Å². The van der Waals surface area contributed by atoms with E-state index >= 15 is 0 Å². The maximum Gasteiger partial charge on any atom is 0.416 e. The Bertz CT molecular complexity index is 631. The van der Waals surface area contributed by atoms with Crippen molar-refractivity contribution in [2.75, 3.05) is 19.7 Å². The van der Waals surface area contributed by atoms with Crippen LogP contribution in [0.4, 0.5) is 13.2 Å². The lowest BCUT2D eigenvalue weighted by molar-refractivity contribution is -0.137. The molecule has 2 heterocycles. The molecule has 0 aliphatic carbocycles. The van der Waals surface area contributed by atoms with E-state index in [1.165, 1.54) is 12.1 Å². The van der Waals surface area contributed by atoms with Crippen molar-refractivity contribution in [1.29, 1.82) is 0 Å². The lowest BCUT2D eigenvalue weighted by Crippen LogP contribution is -2.42. The van der Waals surface area contributed by atoms with Gasteiger partial charge in [-0.25, -0.2) is 4.98 Å². The van der Waals surface area contributed by atoms with Crippen molar-refractivity contribution in [3.63, 3.8) is 0 Å². The summed E-state index contributed by atoms with van der Waals surface area (Å²) < 4.78 is 44.0. The third-order valence-corrected chi connectivity index (χ3v) is 4.55. The molecule has 1 atom stereocenters. The molecule has 0 unspecified atom stereocenters. The quantitative estimate of drug-likeness (QED) is 0.849. The standard InChI is InChI=1S/C16H17F3N2OS/c17-16(18,19)13-3-1-2-12(8-13)9-14-10-21(5-6-22-14)11-15-20-4-7-23-15/h1-4,7-8,14H,5-6,9-11H2/t14-/m1/s1. The Morgan fingerprint density at radius 1 is 1.35 bits per heavy atom. The molecule has 0 radical (unpaired) electrons. The van der Waals surface area contributed by atoms with Crippen LogP contribution in [0.2, 0.25) is 0 Å². The summed E-state index contributed by atoms with van der Waals surface area (Å²) in [6.07, 6.45) is -2.13. The van der Waals surface area contributed by atoms with E-state index in [0.717, 1.165) is 24.2 Å². The van der Waals surface area contributed by atoms with Crippen molar-refractivity contribution in [2.45, 2.75) is 25.2 Å². The fourth-order valence-corrected chi connectivity index (χ4v) is 3.37. The zero-order chi connectivity index (χ0) is 16.3. The van der Waals surface area contributed by atoms with E-state index in [9.17, 15) is 13.2 Å². The van der Waals surface area contributed by atoms with Gasteiger partial charge < -0.3 is 4.74 Å². The lowest BCUT2D eigenvalue weighted by atomic mass is 10.0. The molecule has 1 saturated heterocycles. The first kappa shape index (κ1) is 16.4. The second-order valence-electron chi connectivity index (χ2n) is 5.56. The monoisotopic (exact) mass is 342 g/mol. The minimum absolute atomic E-state index is 0.0906. The Morgan fingerprint density at radius 3 is 2.96 bits per heavy atom. The van der Waals surface area contributed by atoms with E-state index in [1.54, 1.807) is 23.6 Å². The smallest absolute Gasteiger partial charge is 0.375 e. The van der Waals surface area contributed by atoms with Crippen LogP contribution in [0.25, 0.3) is 0 Å². The van der Waals surface area contributed by atoms with Crippen LogP contribution in [0.15, 0.2) is 35.8 Å². The van der Waals surface area contributed by atoms with Crippen molar-refractivity contribution < 1.29 is 17.9 Å². The average Bonchev–Trinajstić information content (AvgIpc) is 3.00. The van der Waals surface area contributed by atoms with Gasteiger partial charge in [-0.1, -0.05) is 18.2 Å². The molecule has 23 heavy (non-hydrogen) atoms. The third kappa shape index (κ3) is 4.53. The minimum Gasteiger partial charge on any atom is -0.375 e. The van der Waals surface area contributed by atoms with Crippen molar-refractivity contribution in [3.8, 4) is 0 Å². The Morgan fingerprint density at radius 2 is 2.22 bits per heavy atom. The number of benzene rings is 1. The van der Waals surface area contributed by atoms with Crippen LogP contribution in [-0.2, 0) is 23.9 Å². The Hall–Kier alpha value is -1.44. The highest BCUT2D eigenvalue weighted by Gasteiger charge is 2.30. The van der Waals surface area contributed by atoms with Gasteiger partial charge in [0.15, 0.2) is 0 Å². The van der Waals surface area contributed by atoms with Gasteiger partial charge in [-0.2, -0.15) is 13.2 Å². The highest BCUT2D eigenvalue weighted by atomic mass is 32.1. The summed E-state index contributed by atoms with van der Waals surface area (Å²) in [7, 11) is 0. The average molecular weight is 342 g/mol. The Kier molecular flexibility index (Phi) is 4.99. The van der Waals surface area contributed by atoms with Crippen molar-refractivity contribution in [1.82, 2.24) is 9.88 Å². The molecule has 0 spiro atoms. The van der Waals surface area contributed by atoms with E-state index in [2.05, 4.69) is 9.88 Å². The van der Waals surface area contributed by atoms with Crippen LogP contribution in [0, 0.1) is 0 Å². The van der Waals surface area contributed by atoms with Crippen LogP contribution in [0.1, 0.15) is 16.1 Å². The van der Waals surface area contributed by atoms with E-state index in [0.29, 0.717) is 25.1 Å². The van der Waals surface area contributed by atoms with Gasteiger partial charge in [-0.05, 0) is 18.1 Å². The molecule has 0 bridgehead atoms. The highest BCUT2D eigenvalue weighted by Crippen LogP contribution is 2.30. The van der Waals surface area contributed by atoms with Gasteiger partial charge in [0.2, 0.25) is 0 Å². The number of hydrogen-bond acceptors (Lipinski definition) is 4. The van der Waals surface area contributed by atoms with Crippen molar-refractivity contribution >= 4 is 11.3 Å². The number of ether oxygens (including phenoxy) is 1. The molecule has 0 saturated carbocycles. The van der Waals surface area contributed by atoms with E-state index in [4.69, 9.17) is 4.74 Å². The molecule has 7 heteroatoms. The summed E-state index contributed by atoms with van der Waals surface area (Å²) in [4.78, 5) is 6.51. The fourth-order valence-electron chi connectivity index (χ4n) is 2.71. The van der Waals surface area contributed by atoms with Gasteiger partial charge >= 0.3 is 6.18 Å². The number of halogens is 3. The Balaban J connectivity index is 1.61. The third-order valence-electron chi connectivity index (χ3n) is 3.78. The maximum absolute atomic E-state index is 12.8. The summed E-state index contributed by atoms with van der Waals surface area (Å²) in [6.45, 7) is 2.88. The molecule has 0 amide bonds. The van der Waals surface area contributed by atoms with Gasteiger partial charge in [0, 0.05) is 24.7 Å². The van der Waals surface area contributed by atoms with Crippen LogP contribution >= 0.6 is 11.3 Å². The van der Waals surface area contributed by atoms with Crippen LogP contribution in [-0.4, -0.2) is 35.7 Å². The van der Waals surface area contributed by atoms with Gasteiger partial charge in [-0.15, -0.1) is 11.3 Å². The highest BCUT2D eigenvalue weighted by molar-refractivity contribution is 7.09. The second kappa shape index (κ2) is 6.98. The molecule has 3 nitrogen and oxygen atoms in total. The first-order chi connectivity index (χ1) is 11.0. The molecule has 1 aromatic carbocycles. The SMILES string of the molecule is FC(F)(F)c1cccc(C[C@@H]2CN(Cc3nccs3)CCO2)c1. The minimum atomic E-state index is -4.31. The number of alkyl halides is 3. The first-order valence-electron chi connectivity index (χ1n) is 7.39. The predicted molar refractivity (Wildman–Crippen MR) is 82.3 cm³/mol. The number of morpholine rings is 1. The molecule has 2 aromatic rings. The number of rotatable bonds is 4. The first-order valence-corrected chi connectivity index (χ1v) is 8.27. The van der Waals surface area contributed by atoms with Gasteiger partial charge in [0.05, 0.1) is 24.8 Å². The molecule has 0 N–H and O–H groups in total. The predicted octanol–water partition coefficient (Wildman–Crippen LogP) is 3.61. The maximum atomic E-state index is 12.8. The van der Waals surface area contributed by atoms with Crippen LogP contribution < -0.4 is 0 Å². The fraction of sp³-hybridized carbons (Fsp3) is 0.438. The Labute approximate surface area is 136 Å². The van der Waals surface area contributed by atoms with Crippen LogP contribution in [0.3, 0.4) is 0 Å². The number of aromatic nitrogens is 1. The molecule has 1 aromatic heterocycles. The molecule has 124 valence electrons. The summed E-state index contributed by atoms with van der Waals surface area (Å²) in [5, 5.41) is 2.99.